The number of rotatable bonds is 11. The van der Waals surface area contributed by atoms with E-state index in [2.05, 4.69) is 26.1 Å². The van der Waals surface area contributed by atoms with Gasteiger partial charge in [0, 0.05) is 6.42 Å². The molecule has 0 bridgehead atoms. The maximum atomic E-state index is 12.4. The third kappa shape index (κ3) is 8.59. The Balaban J connectivity index is 2.58. The summed E-state index contributed by atoms with van der Waals surface area (Å²) in [4.78, 5) is 36.0. The van der Waals surface area contributed by atoms with Crippen molar-refractivity contribution in [2.24, 2.45) is 17.8 Å². The van der Waals surface area contributed by atoms with Crippen LogP contribution in [-0.2, 0) is 28.6 Å². The Morgan fingerprint density at radius 1 is 1.07 bits per heavy atom. The van der Waals surface area contributed by atoms with E-state index < -0.39 is 18.0 Å². The van der Waals surface area contributed by atoms with E-state index in [4.69, 9.17) is 14.2 Å². The van der Waals surface area contributed by atoms with Gasteiger partial charge in [0.2, 0.25) is 5.91 Å². The zero-order valence-corrected chi connectivity index (χ0v) is 18.0. The number of ether oxygens (including phenoxy) is 3. The van der Waals surface area contributed by atoms with Gasteiger partial charge in [-0.1, -0.05) is 27.2 Å². The molecule has 1 aliphatic rings. The Hall–Kier alpha value is -1.63. The summed E-state index contributed by atoms with van der Waals surface area (Å²) >= 11 is 0. The van der Waals surface area contributed by atoms with Crippen molar-refractivity contribution >= 4 is 17.8 Å². The van der Waals surface area contributed by atoms with Gasteiger partial charge in [0.15, 0.2) is 0 Å². The van der Waals surface area contributed by atoms with E-state index >= 15 is 0 Å². The molecule has 3 unspecified atom stereocenters. The number of nitrogens with one attached hydrogen (secondary N) is 1. The minimum absolute atomic E-state index is 0.0357. The third-order valence-electron chi connectivity index (χ3n) is 5.24. The predicted octanol–water partition coefficient (Wildman–Crippen LogP) is 2.86. The van der Waals surface area contributed by atoms with Gasteiger partial charge in [0.1, 0.15) is 12.6 Å². The number of amides is 1. The summed E-state index contributed by atoms with van der Waals surface area (Å²) in [7, 11) is 0. The summed E-state index contributed by atoms with van der Waals surface area (Å²) in [5.41, 5.74) is 0. The number of hydrogen-bond donors (Lipinski definition) is 1. The molecule has 1 saturated carbocycles. The van der Waals surface area contributed by atoms with Gasteiger partial charge in [-0.2, -0.15) is 0 Å². The minimum atomic E-state index is -0.883. The SMILES string of the molecule is CCOC(=O)CC[C@H](NC(=O)COC1CC(C)CCC1C(C)C)C(=O)OCC. The lowest BCUT2D eigenvalue weighted by molar-refractivity contribution is -0.150. The predicted molar refractivity (Wildman–Crippen MR) is 106 cm³/mol. The normalized spacial score (nSPS) is 23.1. The summed E-state index contributed by atoms with van der Waals surface area (Å²) in [5.74, 6) is 0.193. The van der Waals surface area contributed by atoms with Crippen molar-refractivity contribution in [2.45, 2.75) is 78.9 Å². The first-order valence-corrected chi connectivity index (χ1v) is 10.5. The molecule has 1 rings (SSSR count). The zero-order valence-electron chi connectivity index (χ0n) is 18.0. The van der Waals surface area contributed by atoms with Gasteiger partial charge < -0.3 is 19.5 Å². The van der Waals surface area contributed by atoms with Crippen LogP contribution in [0, 0.1) is 17.8 Å². The summed E-state index contributed by atoms with van der Waals surface area (Å²) in [5, 5.41) is 2.65. The van der Waals surface area contributed by atoms with Gasteiger partial charge in [0.05, 0.1) is 19.3 Å². The fourth-order valence-electron chi connectivity index (χ4n) is 3.71. The summed E-state index contributed by atoms with van der Waals surface area (Å²) < 4.78 is 15.8. The highest BCUT2D eigenvalue weighted by Gasteiger charge is 2.32. The second-order valence-corrected chi connectivity index (χ2v) is 7.89. The molecule has 0 saturated heterocycles. The van der Waals surface area contributed by atoms with Crippen molar-refractivity contribution < 1.29 is 28.6 Å². The van der Waals surface area contributed by atoms with E-state index in [0.29, 0.717) is 17.8 Å². The van der Waals surface area contributed by atoms with E-state index in [1.165, 1.54) is 6.42 Å². The number of carbonyl (C=O) groups is 3. The van der Waals surface area contributed by atoms with Crippen molar-refractivity contribution in [3.63, 3.8) is 0 Å². The highest BCUT2D eigenvalue weighted by atomic mass is 16.5. The largest absolute Gasteiger partial charge is 0.466 e. The van der Waals surface area contributed by atoms with Crippen molar-refractivity contribution in [1.29, 1.82) is 0 Å². The summed E-state index contributed by atoms with van der Waals surface area (Å²) in [6.07, 6.45) is 3.46. The van der Waals surface area contributed by atoms with Crippen LogP contribution in [0.5, 0.6) is 0 Å². The first-order chi connectivity index (χ1) is 13.3. The van der Waals surface area contributed by atoms with E-state index in [0.717, 1.165) is 12.8 Å². The van der Waals surface area contributed by atoms with Crippen LogP contribution in [0.1, 0.15) is 66.7 Å². The maximum Gasteiger partial charge on any atom is 0.328 e. The Bertz CT molecular complexity index is 507. The van der Waals surface area contributed by atoms with E-state index in [1.807, 2.05) is 0 Å². The number of hydrogen-bond acceptors (Lipinski definition) is 6. The van der Waals surface area contributed by atoms with Crippen LogP contribution in [-0.4, -0.2) is 49.8 Å². The molecule has 1 N–H and O–H groups in total. The molecule has 7 heteroatoms. The van der Waals surface area contributed by atoms with Crippen LogP contribution in [0.25, 0.3) is 0 Å². The Morgan fingerprint density at radius 2 is 1.75 bits per heavy atom. The molecule has 0 aliphatic heterocycles. The summed E-state index contributed by atoms with van der Waals surface area (Å²) in [6, 6.07) is -0.883. The Labute approximate surface area is 168 Å². The highest BCUT2D eigenvalue weighted by molar-refractivity contribution is 5.85. The van der Waals surface area contributed by atoms with Gasteiger partial charge in [-0.05, 0) is 50.9 Å². The second-order valence-electron chi connectivity index (χ2n) is 7.89. The van der Waals surface area contributed by atoms with Gasteiger partial charge in [-0.25, -0.2) is 4.79 Å². The fourth-order valence-corrected chi connectivity index (χ4v) is 3.71. The molecule has 0 aromatic carbocycles. The van der Waals surface area contributed by atoms with Crippen LogP contribution in [0.4, 0.5) is 0 Å². The van der Waals surface area contributed by atoms with Crippen LogP contribution < -0.4 is 5.32 Å². The van der Waals surface area contributed by atoms with Crippen molar-refractivity contribution in [2.75, 3.05) is 19.8 Å². The smallest absolute Gasteiger partial charge is 0.328 e. The lowest BCUT2D eigenvalue weighted by Crippen LogP contribution is -2.45. The van der Waals surface area contributed by atoms with Gasteiger partial charge in [-0.3, -0.25) is 9.59 Å². The minimum Gasteiger partial charge on any atom is -0.466 e. The Morgan fingerprint density at radius 3 is 2.36 bits per heavy atom. The van der Waals surface area contributed by atoms with Crippen molar-refractivity contribution in [3.8, 4) is 0 Å². The number of esters is 2. The highest BCUT2D eigenvalue weighted by Crippen LogP contribution is 2.35. The molecule has 7 nitrogen and oxygen atoms in total. The molecule has 0 radical (unpaired) electrons. The second kappa shape index (κ2) is 12.8. The molecule has 28 heavy (non-hydrogen) atoms. The third-order valence-corrected chi connectivity index (χ3v) is 5.24. The van der Waals surface area contributed by atoms with Crippen LogP contribution in [0.15, 0.2) is 0 Å². The van der Waals surface area contributed by atoms with E-state index in [9.17, 15) is 14.4 Å². The fraction of sp³-hybridized carbons (Fsp3) is 0.857. The quantitative estimate of drug-likeness (QED) is 0.537. The summed E-state index contributed by atoms with van der Waals surface area (Å²) in [6.45, 7) is 10.4. The van der Waals surface area contributed by atoms with E-state index in [1.54, 1.807) is 13.8 Å². The zero-order chi connectivity index (χ0) is 21.1. The van der Waals surface area contributed by atoms with Gasteiger partial charge in [0.25, 0.3) is 0 Å². The molecular weight excluding hydrogens is 362 g/mol. The average Bonchev–Trinajstić information content (AvgIpc) is 2.63. The molecule has 1 aliphatic carbocycles. The molecule has 4 atom stereocenters. The molecule has 162 valence electrons. The molecular formula is C21H37NO6. The molecule has 1 amide bonds. The first-order valence-electron chi connectivity index (χ1n) is 10.5. The van der Waals surface area contributed by atoms with Crippen molar-refractivity contribution in [1.82, 2.24) is 5.32 Å². The topological polar surface area (TPSA) is 90.9 Å². The molecule has 0 spiro atoms. The van der Waals surface area contributed by atoms with Gasteiger partial charge >= 0.3 is 11.9 Å². The standard InChI is InChI=1S/C21H37NO6/c1-6-26-20(24)11-10-17(21(25)27-7-2)22-19(23)13-28-18-12-15(5)8-9-16(18)14(3)4/h14-18H,6-13H2,1-5H3,(H,22,23)/t15?,16?,17-,18?/m0/s1. The van der Waals surface area contributed by atoms with Crippen molar-refractivity contribution in [3.05, 3.63) is 0 Å². The monoisotopic (exact) mass is 399 g/mol. The van der Waals surface area contributed by atoms with Crippen LogP contribution in [0.3, 0.4) is 0 Å². The van der Waals surface area contributed by atoms with E-state index in [-0.39, 0.29) is 44.7 Å². The molecule has 0 aromatic rings. The molecule has 1 fully saturated rings. The average molecular weight is 400 g/mol. The van der Waals surface area contributed by atoms with Crippen LogP contribution in [0.2, 0.25) is 0 Å². The molecule has 0 heterocycles. The number of carbonyl (C=O) groups excluding carboxylic acids is 3. The maximum absolute atomic E-state index is 12.4. The first kappa shape index (κ1) is 24.4. The van der Waals surface area contributed by atoms with Gasteiger partial charge in [-0.15, -0.1) is 0 Å². The van der Waals surface area contributed by atoms with Crippen LogP contribution >= 0.6 is 0 Å². The lowest BCUT2D eigenvalue weighted by atomic mass is 9.75. The lowest BCUT2D eigenvalue weighted by Gasteiger charge is -2.37. The molecule has 0 aromatic heterocycles. The Kier molecular flexibility index (Phi) is 11.1.